The maximum absolute atomic E-state index is 13.6. The van der Waals surface area contributed by atoms with Crippen LogP contribution in [0.25, 0.3) is 20.8 Å². The molecule has 1 N–H and O–H groups in total. The normalized spacial score (nSPS) is 18.1. The summed E-state index contributed by atoms with van der Waals surface area (Å²) in [6.45, 7) is 0.318. The molecule has 1 amide bonds. The van der Waals surface area contributed by atoms with E-state index in [2.05, 4.69) is 11.4 Å². The van der Waals surface area contributed by atoms with Crippen molar-refractivity contribution in [1.29, 1.82) is 0 Å². The maximum Gasteiger partial charge on any atom is 0.243 e. The first-order valence-corrected chi connectivity index (χ1v) is 15.5. The molecule has 1 unspecified atom stereocenters. The Labute approximate surface area is 224 Å². The van der Waals surface area contributed by atoms with Crippen LogP contribution in [0.5, 0.6) is 5.75 Å². The van der Waals surface area contributed by atoms with E-state index < -0.39 is 16.1 Å². The highest BCUT2D eigenvalue weighted by Crippen LogP contribution is 2.46. The van der Waals surface area contributed by atoms with Crippen LogP contribution in [-0.4, -0.2) is 43.3 Å². The van der Waals surface area contributed by atoms with E-state index in [4.69, 9.17) is 9.72 Å². The van der Waals surface area contributed by atoms with Gasteiger partial charge in [-0.05, 0) is 80.5 Å². The average Bonchev–Trinajstić information content (AvgIpc) is 3.65. The lowest BCUT2D eigenvalue weighted by Gasteiger charge is -2.23. The number of nitrogens with one attached hydrogen (secondary N) is 1. The van der Waals surface area contributed by atoms with Gasteiger partial charge in [-0.3, -0.25) is 4.79 Å². The van der Waals surface area contributed by atoms with Gasteiger partial charge in [0.2, 0.25) is 15.9 Å². The van der Waals surface area contributed by atoms with Gasteiger partial charge in [-0.25, -0.2) is 13.4 Å². The van der Waals surface area contributed by atoms with Gasteiger partial charge in [0.25, 0.3) is 0 Å². The largest absolute Gasteiger partial charge is 0.497 e. The second-order valence-electron chi connectivity index (χ2n) is 9.34. The summed E-state index contributed by atoms with van der Waals surface area (Å²) in [6, 6.07) is 13.6. The van der Waals surface area contributed by atoms with E-state index in [-0.39, 0.29) is 10.8 Å². The first kappa shape index (κ1) is 24.5. The molecular weight excluding hydrogens is 527 g/mol. The number of carbonyl (C=O) groups excluding carboxylic acids is 1. The van der Waals surface area contributed by atoms with Gasteiger partial charge in [0, 0.05) is 17.0 Å². The fraction of sp³-hybridized carbons (Fsp3) is 0.333. The zero-order valence-corrected chi connectivity index (χ0v) is 22.8. The Bertz CT molecular complexity index is 1540. The summed E-state index contributed by atoms with van der Waals surface area (Å²) in [5.74, 6) is 0.300. The summed E-state index contributed by atoms with van der Waals surface area (Å²) in [4.78, 5) is 20.0. The van der Waals surface area contributed by atoms with Crippen LogP contribution in [0, 0.1) is 0 Å². The molecule has 3 heterocycles. The number of carbonyl (C=O) groups is 1. The van der Waals surface area contributed by atoms with E-state index in [0.29, 0.717) is 25.1 Å². The molecular formula is C27H27N3O4S3. The van der Waals surface area contributed by atoms with Gasteiger partial charge < -0.3 is 10.1 Å². The molecule has 0 spiro atoms. The van der Waals surface area contributed by atoms with Crippen LogP contribution in [0.2, 0.25) is 0 Å². The topological polar surface area (TPSA) is 88.6 Å². The molecule has 2 aromatic carbocycles. The summed E-state index contributed by atoms with van der Waals surface area (Å²) < 4.78 is 34.5. The van der Waals surface area contributed by atoms with E-state index in [1.807, 2.05) is 18.2 Å². The average molecular weight is 554 g/mol. The number of ether oxygens (including phenoxy) is 1. The fourth-order valence-electron chi connectivity index (χ4n) is 5.23. The van der Waals surface area contributed by atoms with Crippen LogP contribution < -0.4 is 10.1 Å². The Morgan fingerprint density at radius 2 is 1.84 bits per heavy atom. The fourth-order valence-corrected chi connectivity index (χ4v) is 9.29. The molecule has 1 fully saturated rings. The highest BCUT2D eigenvalue weighted by molar-refractivity contribution is 7.89. The first-order chi connectivity index (χ1) is 18.0. The molecule has 4 aromatic rings. The van der Waals surface area contributed by atoms with Crippen LogP contribution in [0.4, 0.5) is 5.00 Å². The quantitative estimate of drug-likeness (QED) is 0.331. The van der Waals surface area contributed by atoms with Crippen molar-refractivity contribution in [2.45, 2.75) is 49.5 Å². The molecule has 2 aromatic heterocycles. The number of nitrogens with zero attached hydrogens (tertiary/aromatic N) is 2. The number of thiophene rings is 1. The van der Waals surface area contributed by atoms with E-state index >= 15 is 0 Å². The molecule has 37 heavy (non-hydrogen) atoms. The summed E-state index contributed by atoms with van der Waals surface area (Å²) in [6.07, 6.45) is 5.34. The number of sulfonamides is 1. The number of fused-ring (bicyclic) bond motifs is 2. The molecule has 192 valence electrons. The Morgan fingerprint density at radius 1 is 1.05 bits per heavy atom. The van der Waals surface area contributed by atoms with Gasteiger partial charge in [0.05, 0.1) is 22.2 Å². The second-order valence-corrected chi connectivity index (χ2v) is 13.4. The second kappa shape index (κ2) is 9.83. The summed E-state index contributed by atoms with van der Waals surface area (Å²) >= 11 is 3.25. The van der Waals surface area contributed by atoms with Crippen molar-refractivity contribution < 1.29 is 17.9 Å². The van der Waals surface area contributed by atoms with Crippen molar-refractivity contribution in [2.75, 3.05) is 19.0 Å². The minimum Gasteiger partial charge on any atom is -0.497 e. The molecule has 0 radical (unpaired) electrons. The number of aryl methyl sites for hydroxylation is 1. The van der Waals surface area contributed by atoms with Gasteiger partial charge in [-0.15, -0.1) is 22.7 Å². The van der Waals surface area contributed by atoms with E-state index in [1.54, 1.807) is 34.8 Å². The predicted molar refractivity (Wildman–Crippen MR) is 148 cm³/mol. The number of anilines is 1. The summed E-state index contributed by atoms with van der Waals surface area (Å²) in [5, 5.41) is 4.83. The van der Waals surface area contributed by atoms with Gasteiger partial charge >= 0.3 is 0 Å². The van der Waals surface area contributed by atoms with Gasteiger partial charge in [-0.2, -0.15) is 4.31 Å². The molecule has 2 aliphatic rings. The lowest BCUT2D eigenvalue weighted by atomic mass is 9.95. The number of hydrogen-bond donors (Lipinski definition) is 1. The standard InChI is InChI=1S/C27H27N3O4S3/c1-34-17-12-14-18(15-13-17)37(32,33)30-16-6-9-21(30)25(31)29-27-24(19-7-2-4-10-22(19)35-27)26-28-20-8-3-5-11-23(20)36-26/h3,5,8,11-15,21H,2,4,6-7,9-10,16H2,1H3,(H,29,31). The molecule has 1 saturated heterocycles. The molecule has 1 atom stereocenters. The highest BCUT2D eigenvalue weighted by atomic mass is 32.2. The first-order valence-electron chi connectivity index (χ1n) is 12.4. The number of hydrogen-bond acceptors (Lipinski definition) is 7. The molecule has 10 heteroatoms. The number of rotatable bonds is 6. The van der Waals surface area contributed by atoms with Crippen molar-refractivity contribution in [1.82, 2.24) is 9.29 Å². The Balaban J connectivity index is 1.32. The van der Waals surface area contributed by atoms with Crippen molar-refractivity contribution >= 4 is 53.8 Å². The molecule has 7 nitrogen and oxygen atoms in total. The number of benzene rings is 2. The van der Waals surface area contributed by atoms with Gasteiger partial charge in [0.1, 0.15) is 21.8 Å². The van der Waals surface area contributed by atoms with Crippen LogP contribution in [0.1, 0.15) is 36.1 Å². The van der Waals surface area contributed by atoms with Gasteiger partial charge in [-0.1, -0.05) is 12.1 Å². The predicted octanol–water partition coefficient (Wildman–Crippen LogP) is 5.70. The lowest BCUT2D eigenvalue weighted by molar-refractivity contribution is -0.119. The third-order valence-electron chi connectivity index (χ3n) is 7.09. The van der Waals surface area contributed by atoms with Crippen LogP contribution in [-0.2, 0) is 27.7 Å². The monoisotopic (exact) mass is 553 g/mol. The van der Waals surface area contributed by atoms with Crippen LogP contribution in [0.15, 0.2) is 53.4 Å². The van der Waals surface area contributed by atoms with Crippen molar-refractivity contribution in [2.24, 2.45) is 0 Å². The van der Waals surface area contributed by atoms with E-state index in [0.717, 1.165) is 51.5 Å². The number of methoxy groups -OCH3 is 1. The Kier molecular flexibility index (Phi) is 6.52. The zero-order chi connectivity index (χ0) is 25.6. The van der Waals surface area contributed by atoms with Crippen molar-refractivity contribution in [3.05, 3.63) is 59.0 Å². The SMILES string of the molecule is COc1ccc(S(=O)(=O)N2CCCC2C(=O)Nc2sc3c(c2-c2nc4ccccc4s2)CCCC3)cc1. The summed E-state index contributed by atoms with van der Waals surface area (Å²) in [7, 11) is -2.28. The number of thiazole rings is 1. The summed E-state index contributed by atoms with van der Waals surface area (Å²) in [5.41, 5.74) is 3.24. The van der Waals surface area contributed by atoms with E-state index in [1.165, 1.54) is 34.0 Å². The highest BCUT2D eigenvalue weighted by Gasteiger charge is 2.40. The molecule has 1 aliphatic carbocycles. The minimum absolute atomic E-state index is 0.162. The maximum atomic E-state index is 13.6. The Hall–Kier alpha value is -2.79. The van der Waals surface area contributed by atoms with Crippen molar-refractivity contribution in [3.63, 3.8) is 0 Å². The Morgan fingerprint density at radius 3 is 2.62 bits per heavy atom. The van der Waals surface area contributed by atoms with Gasteiger partial charge in [0.15, 0.2) is 0 Å². The number of para-hydroxylation sites is 1. The third kappa shape index (κ3) is 4.46. The molecule has 0 bridgehead atoms. The molecule has 1 aliphatic heterocycles. The zero-order valence-electron chi connectivity index (χ0n) is 20.4. The molecule has 6 rings (SSSR count). The van der Waals surface area contributed by atoms with Crippen LogP contribution in [0.3, 0.4) is 0 Å². The number of aromatic nitrogens is 1. The van der Waals surface area contributed by atoms with E-state index in [9.17, 15) is 13.2 Å². The number of amides is 1. The lowest BCUT2D eigenvalue weighted by Crippen LogP contribution is -2.43. The van der Waals surface area contributed by atoms with Crippen molar-refractivity contribution in [3.8, 4) is 16.3 Å². The molecule has 0 saturated carbocycles. The van der Waals surface area contributed by atoms with Crippen LogP contribution >= 0.6 is 22.7 Å². The third-order valence-corrected chi connectivity index (χ3v) is 11.3. The minimum atomic E-state index is -3.82. The smallest absolute Gasteiger partial charge is 0.243 e.